The molecule has 1 atom stereocenters. The number of hydrogen-bond donors (Lipinski definition) is 0. The molecule has 0 bridgehead atoms. The second kappa shape index (κ2) is 8.77. The summed E-state index contributed by atoms with van der Waals surface area (Å²) in [4.78, 5) is 0. The van der Waals surface area contributed by atoms with Crippen LogP contribution in [0.5, 0.6) is 0 Å². The van der Waals surface area contributed by atoms with Gasteiger partial charge in [-0.2, -0.15) is 0 Å². The smallest absolute Gasteiger partial charge is 0.00938 e. The van der Waals surface area contributed by atoms with Gasteiger partial charge in [0.15, 0.2) is 0 Å². The van der Waals surface area contributed by atoms with Crippen LogP contribution in [-0.2, 0) is 0 Å². The van der Waals surface area contributed by atoms with E-state index in [9.17, 15) is 0 Å². The third kappa shape index (κ3) is 4.46. The van der Waals surface area contributed by atoms with Crippen LogP contribution in [0.2, 0.25) is 0 Å². The minimum absolute atomic E-state index is 0.606. The zero-order valence-electron chi connectivity index (χ0n) is 13.8. The van der Waals surface area contributed by atoms with E-state index in [4.69, 9.17) is 0 Å². The molecule has 0 aliphatic heterocycles. The Hall–Kier alpha value is 0.430. The topological polar surface area (TPSA) is 0 Å². The van der Waals surface area contributed by atoms with Gasteiger partial charge in [-0.3, -0.25) is 0 Å². The summed E-state index contributed by atoms with van der Waals surface area (Å²) in [6.07, 6.45) is 22.3. The monoisotopic (exact) mass is 296 g/mol. The number of rotatable bonds is 7. The van der Waals surface area contributed by atoms with Gasteiger partial charge in [0.25, 0.3) is 0 Å². The first-order valence-electron chi connectivity index (χ1n) is 9.56. The van der Waals surface area contributed by atoms with Gasteiger partial charge < -0.3 is 0 Å². The van der Waals surface area contributed by atoms with E-state index in [-0.39, 0.29) is 0 Å². The van der Waals surface area contributed by atoms with Gasteiger partial charge in [-0.15, -0.1) is 9.24 Å². The Balaban J connectivity index is 1.96. The van der Waals surface area contributed by atoms with Gasteiger partial charge in [0.2, 0.25) is 0 Å². The van der Waals surface area contributed by atoms with Gasteiger partial charge in [-0.25, -0.2) is 0 Å². The average molecular weight is 296 g/mol. The maximum absolute atomic E-state index is 3.44. The molecule has 118 valence electrons. The molecule has 0 aromatic carbocycles. The van der Waals surface area contributed by atoms with E-state index in [1.807, 2.05) is 0 Å². The molecule has 2 aliphatic carbocycles. The van der Waals surface area contributed by atoms with Crippen molar-refractivity contribution in [2.75, 3.05) is 0 Å². The molecule has 0 nitrogen and oxygen atoms in total. The standard InChI is InChI=1S/C19H37P/c1-2-3-4-11-16-19(20,17-12-7-5-8-13-17)18-14-9-6-10-15-18/h17-18H,2-16,20H2,1H3. The van der Waals surface area contributed by atoms with Crippen LogP contribution in [0.1, 0.15) is 103 Å². The summed E-state index contributed by atoms with van der Waals surface area (Å²) in [6.45, 7) is 2.33. The minimum Gasteiger partial charge on any atom is -0.131 e. The highest BCUT2D eigenvalue weighted by atomic mass is 31.0. The second-order valence-electron chi connectivity index (χ2n) is 7.59. The lowest BCUT2D eigenvalue weighted by atomic mass is 9.67. The molecule has 20 heavy (non-hydrogen) atoms. The van der Waals surface area contributed by atoms with Crippen LogP contribution in [-0.4, -0.2) is 5.16 Å². The summed E-state index contributed by atoms with van der Waals surface area (Å²) in [6, 6.07) is 0. The largest absolute Gasteiger partial charge is 0.131 e. The highest BCUT2D eigenvalue weighted by molar-refractivity contribution is 7.19. The molecule has 1 unspecified atom stereocenters. The lowest BCUT2D eigenvalue weighted by molar-refractivity contribution is 0.162. The van der Waals surface area contributed by atoms with E-state index in [1.54, 1.807) is 0 Å². The van der Waals surface area contributed by atoms with Crippen LogP contribution in [0.15, 0.2) is 0 Å². The average Bonchev–Trinajstić information content (AvgIpc) is 2.53. The first-order chi connectivity index (χ1) is 9.77. The van der Waals surface area contributed by atoms with Gasteiger partial charge in [-0.1, -0.05) is 71.1 Å². The van der Waals surface area contributed by atoms with E-state index in [0.29, 0.717) is 5.16 Å². The van der Waals surface area contributed by atoms with Crippen LogP contribution in [0.4, 0.5) is 0 Å². The second-order valence-corrected chi connectivity index (χ2v) is 8.67. The fraction of sp³-hybridized carbons (Fsp3) is 1.00. The third-order valence-electron chi connectivity index (χ3n) is 6.19. The Morgan fingerprint density at radius 3 is 1.70 bits per heavy atom. The predicted octanol–water partition coefficient (Wildman–Crippen LogP) is 6.73. The molecule has 1 heteroatoms. The van der Waals surface area contributed by atoms with Crippen molar-refractivity contribution < 1.29 is 0 Å². The predicted molar refractivity (Wildman–Crippen MR) is 94.4 cm³/mol. The molecule has 2 saturated carbocycles. The van der Waals surface area contributed by atoms with Crippen LogP contribution in [0, 0.1) is 11.8 Å². The van der Waals surface area contributed by atoms with Crippen molar-refractivity contribution in [3.63, 3.8) is 0 Å². The molecule has 2 aliphatic rings. The van der Waals surface area contributed by atoms with Gasteiger partial charge in [0.1, 0.15) is 0 Å². The van der Waals surface area contributed by atoms with Crippen LogP contribution >= 0.6 is 9.24 Å². The normalized spacial score (nSPS) is 23.1. The molecule has 0 N–H and O–H groups in total. The molecule has 2 rings (SSSR count). The first-order valence-corrected chi connectivity index (χ1v) is 10.1. The number of unbranched alkanes of at least 4 members (excludes halogenated alkanes) is 3. The molecule has 0 aromatic rings. The Labute approximate surface area is 130 Å². The van der Waals surface area contributed by atoms with E-state index in [2.05, 4.69) is 16.2 Å². The minimum atomic E-state index is 0.606. The molecular weight excluding hydrogens is 259 g/mol. The lowest BCUT2D eigenvalue weighted by Crippen LogP contribution is -2.41. The van der Waals surface area contributed by atoms with Crippen LogP contribution < -0.4 is 0 Å². The maximum atomic E-state index is 3.44. The summed E-state index contributed by atoms with van der Waals surface area (Å²) in [5, 5.41) is 0.606. The first kappa shape index (κ1) is 16.8. The van der Waals surface area contributed by atoms with E-state index < -0.39 is 0 Å². The fourth-order valence-electron chi connectivity index (χ4n) is 4.88. The lowest BCUT2D eigenvalue weighted by Gasteiger charge is -2.47. The zero-order chi connectivity index (χ0) is 14.3. The quantitative estimate of drug-likeness (QED) is 0.361. The molecule has 0 aromatic heterocycles. The Bertz CT molecular complexity index is 230. The van der Waals surface area contributed by atoms with Gasteiger partial charge in [0.05, 0.1) is 0 Å². The summed E-state index contributed by atoms with van der Waals surface area (Å²) in [7, 11) is 3.44. The molecule has 0 spiro atoms. The Morgan fingerprint density at radius 2 is 1.25 bits per heavy atom. The number of hydrogen-bond acceptors (Lipinski definition) is 0. The molecular formula is C19H37P. The molecule has 0 heterocycles. The summed E-state index contributed by atoms with van der Waals surface area (Å²) < 4.78 is 0. The van der Waals surface area contributed by atoms with Gasteiger partial charge in [-0.05, 0) is 49.1 Å². The third-order valence-corrected chi connectivity index (χ3v) is 7.43. The molecule has 0 saturated heterocycles. The van der Waals surface area contributed by atoms with E-state index in [1.165, 1.54) is 96.3 Å². The van der Waals surface area contributed by atoms with E-state index in [0.717, 1.165) is 11.8 Å². The van der Waals surface area contributed by atoms with Crippen molar-refractivity contribution in [3.05, 3.63) is 0 Å². The SMILES string of the molecule is CCCCCCC(P)(C1CCCCC1)C1CCCCC1. The zero-order valence-corrected chi connectivity index (χ0v) is 15.0. The van der Waals surface area contributed by atoms with Crippen molar-refractivity contribution in [3.8, 4) is 0 Å². The van der Waals surface area contributed by atoms with Crippen LogP contribution in [0.3, 0.4) is 0 Å². The summed E-state index contributed by atoms with van der Waals surface area (Å²) in [5.41, 5.74) is 0. The molecule has 2 fully saturated rings. The van der Waals surface area contributed by atoms with Crippen molar-refractivity contribution in [2.24, 2.45) is 11.8 Å². The van der Waals surface area contributed by atoms with Gasteiger partial charge >= 0.3 is 0 Å². The highest BCUT2D eigenvalue weighted by Gasteiger charge is 2.41. The molecule has 0 radical (unpaired) electrons. The fourth-order valence-corrected chi connectivity index (χ4v) is 5.75. The van der Waals surface area contributed by atoms with Gasteiger partial charge in [0, 0.05) is 0 Å². The van der Waals surface area contributed by atoms with Crippen molar-refractivity contribution in [1.29, 1.82) is 0 Å². The van der Waals surface area contributed by atoms with Crippen molar-refractivity contribution in [1.82, 2.24) is 0 Å². The maximum Gasteiger partial charge on any atom is -0.00938 e. The molecule has 0 amide bonds. The summed E-state index contributed by atoms with van der Waals surface area (Å²) >= 11 is 0. The van der Waals surface area contributed by atoms with E-state index >= 15 is 0 Å². The Kier molecular flexibility index (Phi) is 7.37. The summed E-state index contributed by atoms with van der Waals surface area (Å²) in [5.74, 6) is 2.04. The highest BCUT2D eigenvalue weighted by Crippen LogP contribution is 2.51. The van der Waals surface area contributed by atoms with Crippen LogP contribution in [0.25, 0.3) is 0 Å². The van der Waals surface area contributed by atoms with Crippen molar-refractivity contribution >= 4 is 9.24 Å². The van der Waals surface area contributed by atoms with Crippen molar-refractivity contribution in [2.45, 2.75) is 108 Å². The Morgan fingerprint density at radius 1 is 0.750 bits per heavy atom.